The topological polar surface area (TPSA) is 82.3 Å². The van der Waals surface area contributed by atoms with Gasteiger partial charge in [-0.3, -0.25) is 18.7 Å². The molecule has 12 heteroatoms. The fourth-order valence-corrected chi connectivity index (χ4v) is 5.08. The molecule has 44 heavy (non-hydrogen) atoms. The Morgan fingerprint density at radius 1 is 0.977 bits per heavy atom. The van der Waals surface area contributed by atoms with Crippen LogP contribution in [0.1, 0.15) is 42.5 Å². The zero-order chi connectivity index (χ0) is 31.9. The van der Waals surface area contributed by atoms with Crippen LogP contribution >= 0.6 is 11.6 Å². The third kappa shape index (κ3) is 7.83. The van der Waals surface area contributed by atoms with Gasteiger partial charge in [-0.05, 0) is 43.7 Å². The van der Waals surface area contributed by atoms with E-state index in [1.807, 2.05) is 0 Å². The van der Waals surface area contributed by atoms with Crippen molar-refractivity contribution in [2.24, 2.45) is 0 Å². The van der Waals surface area contributed by atoms with Gasteiger partial charge in [0.05, 0.1) is 36.9 Å². The summed E-state index contributed by atoms with van der Waals surface area (Å²) < 4.78 is 63.0. The summed E-state index contributed by atoms with van der Waals surface area (Å²) in [7, 11) is 0. The number of hydrogen-bond donors (Lipinski definition) is 1. The highest BCUT2D eigenvalue weighted by Crippen LogP contribution is 2.33. The van der Waals surface area contributed by atoms with Crippen molar-refractivity contribution in [2.45, 2.75) is 45.1 Å². The highest BCUT2D eigenvalue weighted by Gasteiger charge is 2.34. The lowest BCUT2D eigenvalue weighted by molar-refractivity contribution is -0.143. The van der Waals surface area contributed by atoms with E-state index in [4.69, 9.17) is 16.3 Å². The molecule has 3 aromatic carbocycles. The first kappa shape index (κ1) is 32.7. The Morgan fingerprint density at radius 2 is 1.68 bits per heavy atom. The average molecular weight is 632 g/mol. The third-order valence-electron chi connectivity index (χ3n) is 6.97. The second-order valence-corrected chi connectivity index (χ2v) is 10.3. The molecule has 0 aliphatic heterocycles. The number of esters is 1. The molecule has 1 atom stereocenters. The fourth-order valence-electron chi connectivity index (χ4n) is 4.85. The van der Waals surface area contributed by atoms with Crippen LogP contribution in [0.15, 0.2) is 88.6 Å². The summed E-state index contributed by atoms with van der Waals surface area (Å²) in [5, 5.41) is 3.44. The molecule has 0 amide bonds. The van der Waals surface area contributed by atoms with Crippen LogP contribution in [0.5, 0.6) is 0 Å². The molecule has 1 N–H and O–H groups in total. The first-order chi connectivity index (χ1) is 21.0. The average Bonchev–Trinajstić information content (AvgIpc) is 2.99. The van der Waals surface area contributed by atoms with Crippen LogP contribution in [0, 0.1) is 5.82 Å². The molecule has 4 aromatic rings. The number of nitrogens with one attached hydrogen (secondary N) is 1. The Hall–Kier alpha value is -4.22. The minimum Gasteiger partial charge on any atom is -0.466 e. The highest BCUT2D eigenvalue weighted by molar-refractivity contribution is 6.33. The summed E-state index contributed by atoms with van der Waals surface area (Å²) >= 11 is 6.39. The summed E-state index contributed by atoms with van der Waals surface area (Å²) in [4.78, 5) is 39.4. The van der Waals surface area contributed by atoms with Crippen molar-refractivity contribution in [3.8, 4) is 11.1 Å². The maximum absolute atomic E-state index is 14.8. The maximum Gasteiger partial charge on any atom is 0.416 e. The van der Waals surface area contributed by atoms with E-state index in [0.29, 0.717) is 13.0 Å². The molecule has 7 nitrogen and oxygen atoms in total. The van der Waals surface area contributed by atoms with Gasteiger partial charge in [-0.2, -0.15) is 13.2 Å². The van der Waals surface area contributed by atoms with Gasteiger partial charge in [-0.25, -0.2) is 9.18 Å². The lowest BCUT2D eigenvalue weighted by Crippen LogP contribution is -2.43. The number of halogens is 5. The summed E-state index contributed by atoms with van der Waals surface area (Å²) in [6, 6.07) is 17.2. The molecule has 0 unspecified atom stereocenters. The largest absolute Gasteiger partial charge is 0.466 e. The number of alkyl halides is 3. The van der Waals surface area contributed by atoms with E-state index in [1.165, 1.54) is 6.07 Å². The smallest absolute Gasteiger partial charge is 0.416 e. The van der Waals surface area contributed by atoms with E-state index in [2.05, 4.69) is 5.32 Å². The molecule has 0 radical (unpaired) electrons. The standard InChI is InChI=1S/C32H30ClF4N3O4/c1-2-44-29(41)16-9-17-38-28(21-10-4-3-5-11-21)20-40-30(42)23(22-12-6-7-14-26(22)33)18-39(31(40)43)19-24-25(32(35,36)37)13-8-15-27(24)34/h3-8,10-15,18,28,38H,2,9,16-17,19-20H2,1H3/t28-/m1/s1. The van der Waals surface area contributed by atoms with Crippen molar-refractivity contribution >= 4 is 17.6 Å². The fraction of sp³-hybridized carbons (Fsp3) is 0.281. The van der Waals surface area contributed by atoms with Gasteiger partial charge in [0, 0.05) is 28.8 Å². The van der Waals surface area contributed by atoms with Crippen molar-refractivity contribution in [3.63, 3.8) is 0 Å². The van der Waals surface area contributed by atoms with E-state index in [9.17, 15) is 31.9 Å². The van der Waals surface area contributed by atoms with Crippen LogP contribution in [-0.2, 0) is 28.8 Å². The Bertz CT molecular complexity index is 1720. The quantitative estimate of drug-likeness (QED) is 0.114. The van der Waals surface area contributed by atoms with Gasteiger partial charge in [0.15, 0.2) is 0 Å². The molecule has 0 aliphatic carbocycles. The van der Waals surface area contributed by atoms with Crippen molar-refractivity contribution < 1.29 is 27.1 Å². The van der Waals surface area contributed by atoms with E-state index in [0.717, 1.165) is 39.1 Å². The lowest BCUT2D eigenvalue weighted by Gasteiger charge is -2.22. The molecule has 0 bridgehead atoms. The number of hydrogen-bond acceptors (Lipinski definition) is 5. The first-order valence-electron chi connectivity index (χ1n) is 13.9. The minimum absolute atomic E-state index is 0.0470. The molecular weight excluding hydrogens is 602 g/mol. The van der Waals surface area contributed by atoms with Gasteiger partial charge in [0.25, 0.3) is 5.56 Å². The predicted octanol–water partition coefficient (Wildman–Crippen LogP) is 6.21. The van der Waals surface area contributed by atoms with E-state index in [-0.39, 0.29) is 41.7 Å². The maximum atomic E-state index is 14.8. The Labute approximate surface area is 255 Å². The van der Waals surface area contributed by atoms with E-state index < -0.39 is 47.0 Å². The molecule has 4 rings (SSSR count). The van der Waals surface area contributed by atoms with Crippen LogP contribution in [0.3, 0.4) is 0 Å². The molecule has 1 aromatic heterocycles. The van der Waals surface area contributed by atoms with Gasteiger partial charge >= 0.3 is 17.8 Å². The molecule has 0 spiro atoms. The molecule has 0 saturated heterocycles. The molecular formula is C32H30ClF4N3O4. The van der Waals surface area contributed by atoms with Crippen molar-refractivity contribution in [1.29, 1.82) is 0 Å². The number of rotatable bonds is 12. The van der Waals surface area contributed by atoms with Crippen molar-refractivity contribution in [2.75, 3.05) is 13.2 Å². The molecule has 232 valence electrons. The minimum atomic E-state index is -4.88. The monoisotopic (exact) mass is 631 g/mol. The molecule has 0 aliphatic rings. The SMILES string of the molecule is CCOC(=O)CCCN[C@H](Cn1c(=O)c(-c2ccccc2Cl)cn(Cc2c(F)cccc2C(F)(F)F)c1=O)c1ccccc1. The van der Waals surface area contributed by atoms with Gasteiger partial charge in [0.2, 0.25) is 0 Å². The number of benzene rings is 3. The third-order valence-corrected chi connectivity index (χ3v) is 7.30. The van der Waals surface area contributed by atoms with Crippen LogP contribution in [-0.4, -0.2) is 28.3 Å². The Morgan fingerprint density at radius 3 is 2.36 bits per heavy atom. The van der Waals surface area contributed by atoms with Gasteiger partial charge in [-0.15, -0.1) is 0 Å². The lowest BCUT2D eigenvalue weighted by atomic mass is 10.0. The normalized spacial score (nSPS) is 12.2. The van der Waals surface area contributed by atoms with Crippen LogP contribution in [0.4, 0.5) is 17.6 Å². The Kier molecular flexibility index (Phi) is 10.8. The zero-order valence-electron chi connectivity index (χ0n) is 23.7. The highest BCUT2D eigenvalue weighted by atomic mass is 35.5. The number of ether oxygens (including phenoxy) is 1. The number of aromatic nitrogens is 2. The van der Waals surface area contributed by atoms with Crippen LogP contribution < -0.4 is 16.6 Å². The zero-order valence-corrected chi connectivity index (χ0v) is 24.5. The summed E-state index contributed by atoms with van der Waals surface area (Å²) in [5.74, 6) is -1.50. The predicted molar refractivity (Wildman–Crippen MR) is 159 cm³/mol. The summed E-state index contributed by atoms with van der Waals surface area (Å²) in [6.45, 7) is 1.28. The molecule has 0 saturated carbocycles. The second kappa shape index (κ2) is 14.5. The van der Waals surface area contributed by atoms with Gasteiger partial charge < -0.3 is 10.1 Å². The first-order valence-corrected chi connectivity index (χ1v) is 14.3. The number of nitrogens with zero attached hydrogens (tertiary/aromatic N) is 2. The van der Waals surface area contributed by atoms with Crippen LogP contribution in [0.25, 0.3) is 11.1 Å². The number of carbonyl (C=O) groups is 1. The molecule has 1 heterocycles. The van der Waals surface area contributed by atoms with E-state index >= 15 is 0 Å². The van der Waals surface area contributed by atoms with Gasteiger partial charge in [-0.1, -0.05) is 66.2 Å². The summed E-state index contributed by atoms with van der Waals surface area (Å²) in [6.07, 6.45) is -3.21. The molecule has 0 fully saturated rings. The Balaban J connectivity index is 1.81. The van der Waals surface area contributed by atoms with Crippen molar-refractivity contribution in [3.05, 3.63) is 127 Å². The van der Waals surface area contributed by atoms with Gasteiger partial charge in [0.1, 0.15) is 5.82 Å². The van der Waals surface area contributed by atoms with Crippen molar-refractivity contribution in [1.82, 2.24) is 14.5 Å². The number of carbonyl (C=O) groups excluding carboxylic acids is 1. The second-order valence-electron chi connectivity index (χ2n) is 9.94. The van der Waals surface area contributed by atoms with Crippen LogP contribution in [0.2, 0.25) is 5.02 Å². The van der Waals surface area contributed by atoms with E-state index in [1.54, 1.807) is 55.5 Å². The summed E-state index contributed by atoms with van der Waals surface area (Å²) in [5.41, 5.74) is -2.70.